The number of nitrogens with zero attached hydrogens (tertiary/aromatic N) is 3. The van der Waals surface area contributed by atoms with Gasteiger partial charge >= 0.3 is 0 Å². The Bertz CT molecular complexity index is 435. The van der Waals surface area contributed by atoms with Crippen LogP contribution in [0.25, 0.3) is 0 Å². The molecule has 1 N–H and O–H groups in total. The third kappa shape index (κ3) is 3.14. The maximum absolute atomic E-state index is 4.40. The summed E-state index contributed by atoms with van der Waals surface area (Å²) in [5.74, 6) is 1.09. The first kappa shape index (κ1) is 12.3. The fourth-order valence-electron chi connectivity index (χ4n) is 1.77. The first-order chi connectivity index (χ1) is 8.31. The van der Waals surface area contributed by atoms with E-state index in [9.17, 15) is 0 Å². The molecule has 0 aromatic carbocycles. The summed E-state index contributed by atoms with van der Waals surface area (Å²) in [7, 11) is 2.03. The Morgan fingerprint density at radius 3 is 2.94 bits per heavy atom. The molecular weight excluding hydrogens is 232 g/mol. The average Bonchev–Trinajstić information content (AvgIpc) is 2.96. The maximum Gasteiger partial charge on any atom is 0.110 e. The van der Waals surface area contributed by atoms with Gasteiger partial charge in [-0.05, 0) is 13.0 Å². The van der Waals surface area contributed by atoms with Gasteiger partial charge in [0.15, 0.2) is 0 Å². The van der Waals surface area contributed by atoms with Gasteiger partial charge in [0.2, 0.25) is 0 Å². The molecule has 2 aromatic rings. The fourth-order valence-corrected chi connectivity index (χ4v) is 2.38. The third-order valence-electron chi connectivity index (χ3n) is 2.76. The Morgan fingerprint density at radius 2 is 2.35 bits per heavy atom. The summed E-state index contributed by atoms with van der Waals surface area (Å²) in [5.41, 5.74) is 3.00. The van der Waals surface area contributed by atoms with Gasteiger partial charge < -0.3 is 9.88 Å². The molecule has 2 aromatic heterocycles. The minimum absolute atomic E-state index is 0.266. The molecule has 0 amide bonds. The van der Waals surface area contributed by atoms with Crippen LogP contribution in [-0.4, -0.2) is 21.1 Å². The summed E-state index contributed by atoms with van der Waals surface area (Å²) in [6.45, 7) is 3.18. The lowest BCUT2D eigenvalue weighted by atomic mass is 10.1. The van der Waals surface area contributed by atoms with Gasteiger partial charge in [-0.15, -0.1) is 11.3 Å². The third-order valence-corrected chi connectivity index (χ3v) is 3.36. The van der Waals surface area contributed by atoms with E-state index < -0.39 is 0 Å². The predicted octanol–water partition coefficient (Wildman–Crippen LogP) is 2.16. The van der Waals surface area contributed by atoms with E-state index in [2.05, 4.69) is 32.2 Å². The minimum Gasteiger partial charge on any atom is -0.338 e. The highest BCUT2D eigenvalue weighted by atomic mass is 32.1. The molecule has 0 aliphatic carbocycles. The number of aromatic nitrogens is 3. The van der Waals surface area contributed by atoms with Gasteiger partial charge in [0.25, 0.3) is 0 Å². The van der Waals surface area contributed by atoms with Crippen molar-refractivity contribution in [3.05, 3.63) is 34.8 Å². The van der Waals surface area contributed by atoms with Crippen LogP contribution in [0.2, 0.25) is 0 Å². The van der Waals surface area contributed by atoms with Crippen LogP contribution < -0.4 is 5.32 Å². The zero-order valence-electron chi connectivity index (χ0n) is 10.3. The van der Waals surface area contributed by atoms with Crippen molar-refractivity contribution in [2.45, 2.75) is 25.8 Å². The van der Waals surface area contributed by atoms with Crippen molar-refractivity contribution in [3.63, 3.8) is 0 Å². The molecule has 1 atom stereocenters. The van der Waals surface area contributed by atoms with E-state index in [1.54, 1.807) is 11.3 Å². The second kappa shape index (κ2) is 5.93. The predicted molar refractivity (Wildman–Crippen MR) is 70.1 cm³/mol. The summed E-state index contributed by atoms with van der Waals surface area (Å²) in [5, 5.41) is 5.64. The van der Waals surface area contributed by atoms with Crippen molar-refractivity contribution < 1.29 is 0 Å². The van der Waals surface area contributed by atoms with Crippen molar-refractivity contribution in [3.8, 4) is 0 Å². The number of hydrogen-bond donors (Lipinski definition) is 1. The SMILES string of the molecule is CCCNC(Cc1nccn1C)c1cscn1. The van der Waals surface area contributed by atoms with Gasteiger partial charge in [-0.2, -0.15) is 0 Å². The highest BCUT2D eigenvalue weighted by Crippen LogP contribution is 2.17. The van der Waals surface area contributed by atoms with E-state index in [-0.39, 0.29) is 6.04 Å². The number of nitrogens with one attached hydrogen (secondary N) is 1. The lowest BCUT2D eigenvalue weighted by Crippen LogP contribution is -2.25. The lowest BCUT2D eigenvalue weighted by molar-refractivity contribution is 0.503. The molecule has 17 heavy (non-hydrogen) atoms. The molecule has 5 heteroatoms. The van der Waals surface area contributed by atoms with E-state index in [0.717, 1.165) is 30.9 Å². The van der Waals surface area contributed by atoms with Gasteiger partial charge in [0.05, 0.1) is 17.2 Å². The van der Waals surface area contributed by atoms with Gasteiger partial charge in [0, 0.05) is 31.2 Å². The summed E-state index contributed by atoms with van der Waals surface area (Å²) in [6.07, 6.45) is 5.83. The topological polar surface area (TPSA) is 42.7 Å². The fraction of sp³-hybridized carbons (Fsp3) is 0.500. The van der Waals surface area contributed by atoms with Crippen LogP contribution in [-0.2, 0) is 13.5 Å². The normalized spacial score (nSPS) is 12.8. The molecule has 1 unspecified atom stereocenters. The zero-order valence-corrected chi connectivity index (χ0v) is 11.1. The van der Waals surface area contributed by atoms with E-state index in [1.807, 2.05) is 25.0 Å². The Labute approximate surface area is 106 Å². The molecule has 0 bridgehead atoms. The molecule has 0 spiro atoms. The number of rotatable bonds is 6. The van der Waals surface area contributed by atoms with Crippen molar-refractivity contribution in [1.29, 1.82) is 0 Å². The first-order valence-electron chi connectivity index (χ1n) is 5.89. The van der Waals surface area contributed by atoms with Gasteiger partial charge in [-0.3, -0.25) is 0 Å². The maximum atomic E-state index is 4.40. The van der Waals surface area contributed by atoms with Crippen LogP contribution in [0.5, 0.6) is 0 Å². The largest absolute Gasteiger partial charge is 0.338 e. The number of hydrogen-bond acceptors (Lipinski definition) is 4. The molecule has 0 aliphatic rings. The van der Waals surface area contributed by atoms with Gasteiger partial charge in [0.1, 0.15) is 5.82 Å². The number of thiazole rings is 1. The molecule has 0 aliphatic heterocycles. The van der Waals surface area contributed by atoms with E-state index >= 15 is 0 Å². The Kier molecular flexibility index (Phi) is 4.28. The Balaban J connectivity index is 2.08. The summed E-state index contributed by atoms with van der Waals surface area (Å²) < 4.78 is 2.06. The molecule has 2 rings (SSSR count). The monoisotopic (exact) mass is 250 g/mol. The quantitative estimate of drug-likeness (QED) is 0.854. The second-order valence-corrected chi connectivity index (χ2v) is 4.80. The standard InChI is InChI=1S/C12H18N4S/c1-3-4-13-10(11-8-17-9-15-11)7-12-14-5-6-16(12)2/h5-6,8-10,13H,3-4,7H2,1-2H3. The van der Waals surface area contributed by atoms with Crippen LogP contribution in [0, 0.1) is 0 Å². The van der Waals surface area contributed by atoms with E-state index in [0.29, 0.717) is 0 Å². The molecule has 0 saturated carbocycles. The first-order valence-corrected chi connectivity index (χ1v) is 6.83. The molecular formula is C12H18N4S. The summed E-state index contributed by atoms with van der Waals surface area (Å²) in [6, 6.07) is 0.266. The van der Waals surface area contributed by atoms with Crippen LogP contribution in [0.3, 0.4) is 0 Å². The molecule has 0 fully saturated rings. The van der Waals surface area contributed by atoms with Crippen LogP contribution in [0.15, 0.2) is 23.3 Å². The highest BCUT2D eigenvalue weighted by Gasteiger charge is 2.15. The average molecular weight is 250 g/mol. The van der Waals surface area contributed by atoms with Crippen molar-refractivity contribution >= 4 is 11.3 Å². The zero-order chi connectivity index (χ0) is 12.1. The van der Waals surface area contributed by atoms with Crippen LogP contribution in [0.4, 0.5) is 0 Å². The highest BCUT2D eigenvalue weighted by molar-refractivity contribution is 7.07. The number of imidazole rings is 1. The second-order valence-electron chi connectivity index (χ2n) is 4.08. The van der Waals surface area contributed by atoms with Crippen LogP contribution >= 0.6 is 11.3 Å². The molecule has 0 radical (unpaired) electrons. The van der Waals surface area contributed by atoms with Gasteiger partial charge in [-0.25, -0.2) is 9.97 Å². The van der Waals surface area contributed by atoms with E-state index in [1.165, 1.54) is 0 Å². The Hall–Kier alpha value is -1.20. The lowest BCUT2D eigenvalue weighted by Gasteiger charge is -2.16. The van der Waals surface area contributed by atoms with Crippen molar-refractivity contribution in [2.75, 3.05) is 6.54 Å². The Morgan fingerprint density at radius 1 is 1.47 bits per heavy atom. The minimum atomic E-state index is 0.266. The smallest absolute Gasteiger partial charge is 0.110 e. The molecule has 92 valence electrons. The van der Waals surface area contributed by atoms with E-state index in [4.69, 9.17) is 0 Å². The van der Waals surface area contributed by atoms with Crippen molar-refractivity contribution in [1.82, 2.24) is 19.9 Å². The van der Waals surface area contributed by atoms with Gasteiger partial charge in [-0.1, -0.05) is 6.92 Å². The number of aryl methyl sites for hydroxylation is 1. The summed E-state index contributed by atoms with van der Waals surface area (Å²) >= 11 is 1.64. The summed E-state index contributed by atoms with van der Waals surface area (Å²) in [4.78, 5) is 8.77. The van der Waals surface area contributed by atoms with Crippen molar-refractivity contribution in [2.24, 2.45) is 7.05 Å². The molecule has 4 nitrogen and oxygen atoms in total. The molecule has 0 saturated heterocycles. The van der Waals surface area contributed by atoms with Crippen LogP contribution in [0.1, 0.15) is 30.9 Å². The molecule has 2 heterocycles.